The van der Waals surface area contributed by atoms with Crippen LogP contribution in [0.3, 0.4) is 0 Å². The lowest BCUT2D eigenvalue weighted by Crippen LogP contribution is -2.30. The van der Waals surface area contributed by atoms with Gasteiger partial charge in [0.1, 0.15) is 0 Å². The van der Waals surface area contributed by atoms with Crippen LogP contribution in [0.4, 0.5) is 0 Å². The first-order chi connectivity index (χ1) is 7.68. The van der Waals surface area contributed by atoms with E-state index in [0.29, 0.717) is 0 Å². The maximum Gasteiger partial charge on any atom is 0.0628 e. The van der Waals surface area contributed by atoms with Gasteiger partial charge in [-0.05, 0) is 44.6 Å². The summed E-state index contributed by atoms with van der Waals surface area (Å²) in [5.74, 6) is 2.60. The van der Waals surface area contributed by atoms with Crippen LogP contribution in [-0.2, 0) is 13.5 Å². The minimum absolute atomic E-state index is 0.738. The Morgan fingerprint density at radius 3 is 2.88 bits per heavy atom. The minimum atomic E-state index is 0.738. The summed E-state index contributed by atoms with van der Waals surface area (Å²) in [7, 11) is 2.02. The smallest absolute Gasteiger partial charge is 0.0628 e. The van der Waals surface area contributed by atoms with E-state index in [1.54, 1.807) is 0 Å². The highest BCUT2D eigenvalue weighted by molar-refractivity contribution is 7.99. The highest BCUT2D eigenvalue weighted by atomic mass is 32.2. The Labute approximate surface area is 102 Å². The predicted molar refractivity (Wildman–Crippen MR) is 70.1 cm³/mol. The zero-order valence-corrected chi connectivity index (χ0v) is 11.2. The largest absolute Gasteiger partial charge is 0.313 e. The Bertz CT molecular complexity index is 353. The lowest BCUT2D eigenvalue weighted by molar-refractivity contribution is 0.559. The van der Waals surface area contributed by atoms with Crippen LogP contribution >= 0.6 is 11.8 Å². The first-order valence-electron chi connectivity index (χ1n) is 5.98. The summed E-state index contributed by atoms with van der Waals surface area (Å²) >= 11 is 2.06. The van der Waals surface area contributed by atoms with Crippen molar-refractivity contribution in [3.63, 3.8) is 0 Å². The summed E-state index contributed by atoms with van der Waals surface area (Å²) in [5.41, 5.74) is 3.91. The Balaban J connectivity index is 1.84. The molecule has 1 atom stereocenters. The first kappa shape index (κ1) is 12.0. The number of aromatic nitrogens is 2. The van der Waals surface area contributed by atoms with Crippen LogP contribution in [0.15, 0.2) is 0 Å². The normalized spacial score (nSPS) is 20.6. The lowest BCUT2D eigenvalue weighted by atomic mass is 10.1. The molecule has 1 saturated heterocycles. The van der Waals surface area contributed by atoms with Gasteiger partial charge in [0.05, 0.1) is 5.69 Å². The average molecular weight is 239 g/mol. The van der Waals surface area contributed by atoms with E-state index in [1.165, 1.54) is 34.9 Å². The van der Waals surface area contributed by atoms with Crippen molar-refractivity contribution in [2.45, 2.75) is 32.7 Å². The van der Waals surface area contributed by atoms with E-state index in [2.05, 4.69) is 36.0 Å². The number of hydrogen-bond donors (Lipinski definition) is 1. The number of hydrogen-bond acceptors (Lipinski definition) is 3. The van der Waals surface area contributed by atoms with Crippen LogP contribution < -0.4 is 5.32 Å². The third kappa shape index (κ3) is 2.61. The van der Waals surface area contributed by atoms with E-state index in [1.807, 2.05) is 11.7 Å². The maximum absolute atomic E-state index is 4.45. The van der Waals surface area contributed by atoms with Crippen LogP contribution in [-0.4, -0.2) is 33.9 Å². The molecule has 1 aliphatic heterocycles. The van der Waals surface area contributed by atoms with Crippen molar-refractivity contribution in [2.75, 3.05) is 18.1 Å². The lowest BCUT2D eigenvalue weighted by Gasteiger charge is -2.10. The summed E-state index contributed by atoms with van der Waals surface area (Å²) in [6, 6.07) is 0.738. The Morgan fingerprint density at radius 2 is 2.31 bits per heavy atom. The second-order valence-corrected chi connectivity index (χ2v) is 5.69. The molecule has 16 heavy (non-hydrogen) atoms. The van der Waals surface area contributed by atoms with Gasteiger partial charge in [-0.1, -0.05) is 0 Å². The van der Waals surface area contributed by atoms with Gasteiger partial charge in [0.15, 0.2) is 0 Å². The number of nitrogens with one attached hydrogen (secondary N) is 1. The van der Waals surface area contributed by atoms with Gasteiger partial charge in [-0.3, -0.25) is 4.68 Å². The summed E-state index contributed by atoms with van der Waals surface area (Å²) in [4.78, 5) is 0. The first-order valence-corrected chi connectivity index (χ1v) is 7.14. The second-order valence-electron chi connectivity index (χ2n) is 4.54. The molecule has 1 aliphatic rings. The fraction of sp³-hybridized carbons (Fsp3) is 0.750. The monoisotopic (exact) mass is 239 g/mol. The van der Waals surface area contributed by atoms with Gasteiger partial charge in [0.25, 0.3) is 0 Å². The van der Waals surface area contributed by atoms with Crippen LogP contribution in [0.25, 0.3) is 0 Å². The van der Waals surface area contributed by atoms with Crippen LogP contribution in [0.1, 0.15) is 23.4 Å². The number of nitrogens with zero attached hydrogens (tertiary/aromatic N) is 2. The van der Waals surface area contributed by atoms with Crippen molar-refractivity contribution in [1.29, 1.82) is 0 Å². The van der Waals surface area contributed by atoms with Gasteiger partial charge in [0.2, 0.25) is 0 Å². The van der Waals surface area contributed by atoms with Gasteiger partial charge in [0, 0.05) is 24.5 Å². The van der Waals surface area contributed by atoms with E-state index in [0.717, 1.165) is 19.0 Å². The standard InChI is InChI=1S/C12H21N3S/c1-9-12(10(2)15(3)14-9)4-6-13-11-5-7-16-8-11/h11,13H,4-8H2,1-3H3. The van der Waals surface area contributed by atoms with E-state index >= 15 is 0 Å². The molecule has 1 aromatic rings. The maximum atomic E-state index is 4.45. The molecule has 1 aromatic heterocycles. The topological polar surface area (TPSA) is 29.9 Å². The van der Waals surface area contributed by atoms with Gasteiger partial charge in [-0.25, -0.2) is 0 Å². The zero-order chi connectivity index (χ0) is 11.5. The fourth-order valence-electron chi connectivity index (χ4n) is 2.28. The Morgan fingerprint density at radius 1 is 1.50 bits per heavy atom. The van der Waals surface area contributed by atoms with Crippen molar-refractivity contribution in [1.82, 2.24) is 15.1 Å². The summed E-state index contributed by atoms with van der Waals surface area (Å²) in [6.45, 7) is 5.34. The molecule has 1 N–H and O–H groups in total. The van der Waals surface area contributed by atoms with E-state index in [-0.39, 0.29) is 0 Å². The Hall–Kier alpha value is -0.480. The molecule has 2 rings (SSSR count). The van der Waals surface area contributed by atoms with Crippen molar-refractivity contribution in [2.24, 2.45) is 7.05 Å². The molecule has 90 valence electrons. The molecular formula is C12H21N3S. The third-order valence-corrected chi connectivity index (χ3v) is 4.56. The fourth-order valence-corrected chi connectivity index (χ4v) is 3.46. The summed E-state index contributed by atoms with van der Waals surface area (Å²) < 4.78 is 1.98. The van der Waals surface area contributed by atoms with Gasteiger partial charge >= 0.3 is 0 Å². The SMILES string of the molecule is Cc1nn(C)c(C)c1CCNC1CCSC1. The molecule has 0 radical (unpaired) electrons. The molecule has 0 bridgehead atoms. The van der Waals surface area contributed by atoms with Crippen LogP contribution in [0.2, 0.25) is 0 Å². The minimum Gasteiger partial charge on any atom is -0.313 e. The van der Waals surface area contributed by atoms with Gasteiger partial charge in [-0.15, -0.1) is 0 Å². The van der Waals surface area contributed by atoms with Crippen LogP contribution in [0.5, 0.6) is 0 Å². The van der Waals surface area contributed by atoms with Crippen molar-refractivity contribution in [3.8, 4) is 0 Å². The molecule has 4 heteroatoms. The zero-order valence-electron chi connectivity index (χ0n) is 10.4. The summed E-state index contributed by atoms with van der Waals surface area (Å²) in [5, 5.41) is 8.08. The third-order valence-electron chi connectivity index (χ3n) is 3.40. The average Bonchev–Trinajstić information content (AvgIpc) is 2.82. The molecule has 0 saturated carbocycles. The molecule has 0 spiro atoms. The number of rotatable bonds is 4. The molecule has 0 amide bonds. The van der Waals surface area contributed by atoms with Gasteiger partial charge in [-0.2, -0.15) is 16.9 Å². The molecule has 0 aliphatic carbocycles. The number of aryl methyl sites for hydroxylation is 2. The highest BCUT2D eigenvalue weighted by Crippen LogP contribution is 2.17. The molecule has 1 fully saturated rings. The predicted octanol–water partition coefficient (Wildman–Crippen LogP) is 1.67. The van der Waals surface area contributed by atoms with Crippen molar-refractivity contribution >= 4 is 11.8 Å². The van der Waals surface area contributed by atoms with E-state index in [4.69, 9.17) is 0 Å². The molecular weight excluding hydrogens is 218 g/mol. The highest BCUT2D eigenvalue weighted by Gasteiger charge is 2.15. The second kappa shape index (κ2) is 5.23. The van der Waals surface area contributed by atoms with Crippen LogP contribution in [0, 0.1) is 13.8 Å². The van der Waals surface area contributed by atoms with Crippen molar-refractivity contribution < 1.29 is 0 Å². The Kier molecular flexibility index (Phi) is 3.92. The quantitative estimate of drug-likeness (QED) is 0.867. The molecule has 1 unspecified atom stereocenters. The van der Waals surface area contributed by atoms with E-state index in [9.17, 15) is 0 Å². The molecule has 3 nitrogen and oxygen atoms in total. The summed E-state index contributed by atoms with van der Waals surface area (Å²) in [6.07, 6.45) is 2.43. The van der Waals surface area contributed by atoms with Crippen molar-refractivity contribution in [3.05, 3.63) is 17.0 Å². The van der Waals surface area contributed by atoms with Gasteiger partial charge < -0.3 is 5.32 Å². The molecule has 2 heterocycles. The van der Waals surface area contributed by atoms with E-state index < -0.39 is 0 Å². The molecule has 0 aromatic carbocycles. The number of thioether (sulfide) groups is 1.